The fourth-order valence-corrected chi connectivity index (χ4v) is 3.50. The van der Waals surface area contributed by atoms with Crippen LogP contribution in [-0.4, -0.2) is 11.2 Å². The average molecular weight is 150 g/mol. The predicted molar refractivity (Wildman–Crippen MR) is 43.0 cm³/mol. The van der Waals surface area contributed by atoms with Crippen LogP contribution in [0.15, 0.2) is 12.2 Å². The Morgan fingerprint density at radius 3 is 2.82 bits per heavy atom. The van der Waals surface area contributed by atoms with Crippen molar-refractivity contribution in [3.05, 3.63) is 12.2 Å². The second-order valence-electron chi connectivity index (χ2n) is 4.33. The van der Waals surface area contributed by atoms with Crippen LogP contribution in [0.25, 0.3) is 0 Å². The van der Waals surface area contributed by atoms with Crippen molar-refractivity contribution < 1.29 is 5.11 Å². The minimum Gasteiger partial charge on any atom is -0.393 e. The molecule has 2 saturated carbocycles. The van der Waals surface area contributed by atoms with Gasteiger partial charge in [0.25, 0.3) is 0 Å². The summed E-state index contributed by atoms with van der Waals surface area (Å²) in [4.78, 5) is 0. The van der Waals surface area contributed by atoms with Gasteiger partial charge in [0.15, 0.2) is 0 Å². The van der Waals surface area contributed by atoms with Crippen molar-refractivity contribution in [2.45, 2.75) is 25.4 Å². The van der Waals surface area contributed by atoms with E-state index in [4.69, 9.17) is 0 Å². The Morgan fingerprint density at radius 1 is 1.09 bits per heavy atom. The van der Waals surface area contributed by atoms with Gasteiger partial charge in [-0.3, -0.25) is 0 Å². The second kappa shape index (κ2) is 1.89. The SMILES string of the molecule is O[C@H]1C[C@@H]2C=C[C@@H]3CC[C@H]1[C@@H]32. The molecule has 0 aromatic rings. The lowest BCUT2D eigenvalue weighted by Crippen LogP contribution is -2.15. The van der Waals surface area contributed by atoms with E-state index in [1.165, 1.54) is 12.8 Å². The minimum atomic E-state index is 0.0277. The molecule has 3 rings (SSSR count). The standard InChI is InChI=1S/C10H14O/c11-9-5-7-2-1-6-3-4-8(9)10(6)7/h1-2,6-11H,3-5H2/t6-,7+,8-,9+,10+/m1/s1. The lowest BCUT2D eigenvalue weighted by Gasteiger charge is -2.14. The molecule has 0 amide bonds. The second-order valence-corrected chi connectivity index (χ2v) is 4.33. The molecular formula is C10H14O. The van der Waals surface area contributed by atoms with E-state index >= 15 is 0 Å². The summed E-state index contributed by atoms with van der Waals surface area (Å²) >= 11 is 0. The molecule has 0 unspecified atom stereocenters. The van der Waals surface area contributed by atoms with Crippen LogP contribution in [0.4, 0.5) is 0 Å². The molecule has 3 aliphatic rings. The summed E-state index contributed by atoms with van der Waals surface area (Å²) in [5.41, 5.74) is 0. The van der Waals surface area contributed by atoms with Crippen LogP contribution >= 0.6 is 0 Å². The number of rotatable bonds is 0. The highest BCUT2D eigenvalue weighted by atomic mass is 16.3. The van der Waals surface area contributed by atoms with E-state index in [1.54, 1.807) is 0 Å². The van der Waals surface area contributed by atoms with Crippen molar-refractivity contribution in [3.63, 3.8) is 0 Å². The summed E-state index contributed by atoms with van der Waals surface area (Å²) < 4.78 is 0. The summed E-state index contributed by atoms with van der Waals surface area (Å²) in [6.07, 6.45) is 8.41. The fraction of sp³-hybridized carbons (Fsp3) is 0.800. The Morgan fingerprint density at radius 2 is 1.91 bits per heavy atom. The molecule has 60 valence electrons. The molecule has 0 spiro atoms. The lowest BCUT2D eigenvalue weighted by molar-refractivity contribution is 0.125. The summed E-state index contributed by atoms with van der Waals surface area (Å²) in [7, 11) is 0. The Kier molecular flexibility index (Phi) is 1.07. The molecule has 0 aromatic heterocycles. The molecule has 1 N–H and O–H groups in total. The topological polar surface area (TPSA) is 20.2 Å². The van der Waals surface area contributed by atoms with Crippen LogP contribution in [0.2, 0.25) is 0 Å². The first-order valence-electron chi connectivity index (χ1n) is 4.72. The van der Waals surface area contributed by atoms with E-state index in [0.717, 1.165) is 24.2 Å². The van der Waals surface area contributed by atoms with Crippen LogP contribution in [-0.2, 0) is 0 Å². The molecule has 0 bridgehead atoms. The molecule has 3 aliphatic carbocycles. The molecule has 11 heavy (non-hydrogen) atoms. The molecule has 1 nitrogen and oxygen atoms in total. The molecule has 1 heteroatoms. The van der Waals surface area contributed by atoms with E-state index in [9.17, 15) is 5.11 Å². The van der Waals surface area contributed by atoms with Crippen LogP contribution in [0.5, 0.6) is 0 Å². The van der Waals surface area contributed by atoms with Crippen LogP contribution in [0.3, 0.4) is 0 Å². The predicted octanol–water partition coefficient (Wildman–Crippen LogP) is 1.58. The van der Waals surface area contributed by atoms with Gasteiger partial charge in [-0.05, 0) is 42.9 Å². The Labute approximate surface area is 67.1 Å². The first kappa shape index (κ1) is 6.24. The van der Waals surface area contributed by atoms with Crippen molar-refractivity contribution in [2.24, 2.45) is 23.7 Å². The maximum atomic E-state index is 9.69. The summed E-state index contributed by atoms with van der Waals surface area (Å²) in [5.74, 6) is 3.06. The van der Waals surface area contributed by atoms with Crippen molar-refractivity contribution in [1.29, 1.82) is 0 Å². The normalized spacial score (nSPS) is 58.8. The number of aliphatic hydroxyl groups excluding tert-OH is 1. The van der Waals surface area contributed by atoms with Crippen molar-refractivity contribution in [1.82, 2.24) is 0 Å². The summed E-state index contributed by atoms with van der Waals surface area (Å²) in [6.45, 7) is 0. The van der Waals surface area contributed by atoms with Gasteiger partial charge in [0, 0.05) is 0 Å². The van der Waals surface area contributed by atoms with Crippen LogP contribution < -0.4 is 0 Å². The van der Waals surface area contributed by atoms with E-state index in [2.05, 4.69) is 12.2 Å². The maximum Gasteiger partial charge on any atom is 0.0577 e. The van der Waals surface area contributed by atoms with Gasteiger partial charge in [0.2, 0.25) is 0 Å². The number of aliphatic hydroxyl groups is 1. The number of allylic oxidation sites excluding steroid dienone is 2. The Bertz CT molecular complexity index is 209. The molecule has 2 fully saturated rings. The molecule has 0 radical (unpaired) electrons. The van der Waals surface area contributed by atoms with Gasteiger partial charge in [0.1, 0.15) is 0 Å². The molecule has 0 heterocycles. The zero-order valence-corrected chi connectivity index (χ0v) is 6.61. The number of hydrogen-bond donors (Lipinski definition) is 1. The van der Waals surface area contributed by atoms with Crippen LogP contribution in [0, 0.1) is 23.7 Å². The first-order valence-corrected chi connectivity index (χ1v) is 4.72. The van der Waals surface area contributed by atoms with Crippen molar-refractivity contribution >= 4 is 0 Å². The third kappa shape index (κ3) is 0.652. The van der Waals surface area contributed by atoms with E-state index in [1.807, 2.05) is 0 Å². The summed E-state index contributed by atoms with van der Waals surface area (Å²) in [5, 5.41) is 9.69. The van der Waals surface area contributed by atoms with E-state index in [-0.39, 0.29) is 6.10 Å². The number of hydrogen-bond acceptors (Lipinski definition) is 1. The fourth-order valence-electron chi connectivity index (χ4n) is 3.50. The van der Waals surface area contributed by atoms with Gasteiger partial charge in [-0.1, -0.05) is 12.2 Å². The monoisotopic (exact) mass is 150 g/mol. The third-order valence-electron chi connectivity index (χ3n) is 3.93. The van der Waals surface area contributed by atoms with Gasteiger partial charge in [-0.25, -0.2) is 0 Å². The smallest absolute Gasteiger partial charge is 0.0577 e. The molecule has 0 saturated heterocycles. The first-order chi connectivity index (χ1) is 5.36. The van der Waals surface area contributed by atoms with Gasteiger partial charge in [-0.15, -0.1) is 0 Å². The molecule has 0 aromatic carbocycles. The van der Waals surface area contributed by atoms with Gasteiger partial charge >= 0.3 is 0 Å². The van der Waals surface area contributed by atoms with E-state index < -0.39 is 0 Å². The highest BCUT2D eigenvalue weighted by Gasteiger charge is 2.50. The highest BCUT2D eigenvalue weighted by Crippen LogP contribution is 2.54. The lowest BCUT2D eigenvalue weighted by atomic mass is 9.91. The molecular weight excluding hydrogens is 136 g/mol. The largest absolute Gasteiger partial charge is 0.393 e. The Hall–Kier alpha value is -0.300. The third-order valence-corrected chi connectivity index (χ3v) is 3.93. The van der Waals surface area contributed by atoms with E-state index in [0.29, 0.717) is 5.92 Å². The maximum absolute atomic E-state index is 9.69. The van der Waals surface area contributed by atoms with Crippen LogP contribution in [0.1, 0.15) is 19.3 Å². The molecule has 5 atom stereocenters. The average Bonchev–Trinajstić information content (AvgIpc) is 2.53. The summed E-state index contributed by atoms with van der Waals surface area (Å²) in [6, 6.07) is 0. The zero-order chi connectivity index (χ0) is 7.42. The Balaban J connectivity index is 1.98. The molecule has 0 aliphatic heterocycles. The van der Waals surface area contributed by atoms with Gasteiger partial charge in [0.05, 0.1) is 6.10 Å². The van der Waals surface area contributed by atoms with Gasteiger partial charge < -0.3 is 5.11 Å². The highest BCUT2D eigenvalue weighted by molar-refractivity contribution is 5.16. The van der Waals surface area contributed by atoms with Crippen molar-refractivity contribution in [2.75, 3.05) is 0 Å². The zero-order valence-electron chi connectivity index (χ0n) is 6.61. The minimum absolute atomic E-state index is 0.0277. The van der Waals surface area contributed by atoms with Gasteiger partial charge in [-0.2, -0.15) is 0 Å². The quantitative estimate of drug-likeness (QED) is 0.520. The van der Waals surface area contributed by atoms with Crippen molar-refractivity contribution in [3.8, 4) is 0 Å².